The van der Waals surface area contributed by atoms with Gasteiger partial charge in [0.1, 0.15) is 23.9 Å². The van der Waals surface area contributed by atoms with Crippen molar-refractivity contribution < 1.29 is 30.3 Å². The van der Waals surface area contributed by atoms with Crippen LogP contribution in [0, 0.1) is 0 Å². The lowest BCUT2D eigenvalue weighted by Crippen LogP contribution is -2.72. The van der Waals surface area contributed by atoms with Crippen molar-refractivity contribution in [2.75, 3.05) is 13.2 Å². The molecule has 1 aliphatic heterocycles. The van der Waals surface area contributed by atoms with Gasteiger partial charge in [0.25, 0.3) is 0 Å². The molecule has 7 N–H and O–H groups in total. The summed E-state index contributed by atoms with van der Waals surface area (Å²) in [4.78, 5) is 0. The standard InChI is InChI=1S/C7H15NO6.ClH/c8-7(2-10)5(12)4(11)3(1-9)14-6(7)13;/h3-6,9-13H,1-2,8H2;1H/t3-,4-,5+,6?,7-;/m1./s1. The first-order chi connectivity index (χ1) is 6.47. The van der Waals surface area contributed by atoms with Crippen LogP contribution in [0.2, 0.25) is 0 Å². The lowest BCUT2D eigenvalue weighted by atomic mass is 9.85. The number of aliphatic hydroxyl groups is 5. The van der Waals surface area contributed by atoms with E-state index in [0.29, 0.717) is 0 Å². The molecule has 5 atom stereocenters. The summed E-state index contributed by atoms with van der Waals surface area (Å²) in [6.07, 6.45) is -5.75. The van der Waals surface area contributed by atoms with Crippen molar-refractivity contribution in [2.24, 2.45) is 5.73 Å². The third kappa shape index (κ3) is 2.40. The molecule has 0 saturated carbocycles. The zero-order valence-corrected chi connectivity index (χ0v) is 8.67. The second-order valence-corrected chi connectivity index (χ2v) is 3.42. The minimum Gasteiger partial charge on any atom is -0.394 e. The Kier molecular flexibility index (Phi) is 5.38. The molecule has 1 aliphatic rings. The molecule has 1 heterocycles. The van der Waals surface area contributed by atoms with Gasteiger partial charge in [0, 0.05) is 0 Å². The SMILES string of the molecule is Cl.N[C@@]1(CO)C(O)O[C@H](CO)[C@@H](O)[C@@H]1O. The van der Waals surface area contributed by atoms with Crippen LogP contribution >= 0.6 is 12.4 Å². The molecule has 1 unspecified atom stereocenters. The minimum absolute atomic E-state index is 0. The predicted octanol–water partition coefficient (Wildman–Crippen LogP) is -3.47. The van der Waals surface area contributed by atoms with Crippen molar-refractivity contribution in [1.82, 2.24) is 0 Å². The number of nitrogens with two attached hydrogens (primary N) is 1. The first-order valence-electron chi connectivity index (χ1n) is 4.17. The summed E-state index contributed by atoms with van der Waals surface area (Å²) in [6.45, 7) is -1.30. The maximum absolute atomic E-state index is 9.48. The van der Waals surface area contributed by atoms with Crippen LogP contribution in [0.4, 0.5) is 0 Å². The zero-order valence-electron chi connectivity index (χ0n) is 7.85. The number of halogens is 1. The number of ether oxygens (including phenoxy) is 1. The van der Waals surface area contributed by atoms with E-state index < -0.39 is 43.4 Å². The monoisotopic (exact) mass is 245 g/mol. The molecule has 8 heteroatoms. The summed E-state index contributed by atoms with van der Waals surface area (Å²) in [7, 11) is 0. The maximum atomic E-state index is 9.48. The van der Waals surface area contributed by atoms with Crippen molar-refractivity contribution >= 4 is 12.4 Å². The fraction of sp³-hybridized carbons (Fsp3) is 1.00. The molecule has 15 heavy (non-hydrogen) atoms. The average molecular weight is 246 g/mol. The molecule has 1 saturated heterocycles. The smallest absolute Gasteiger partial charge is 0.178 e. The molecule has 7 nitrogen and oxygen atoms in total. The molecule has 0 aromatic rings. The molecule has 0 bridgehead atoms. The largest absolute Gasteiger partial charge is 0.394 e. The van der Waals surface area contributed by atoms with Crippen LogP contribution in [0.1, 0.15) is 0 Å². The van der Waals surface area contributed by atoms with Crippen LogP contribution in [0.15, 0.2) is 0 Å². The summed E-state index contributed by atoms with van der Waals surface area (Å²) in [5.41, 5.74) is 3.61. The molecule has 0 aromatic carbocycles. The van der Waals surface area contributed by atoms with Crippen LogP contribution in [-0.2, 0) is 4.74 Å². The zero-order chi connectivity index (χ0) is 10.9. The number of hydrogen-bond donors (Lipinski definition) is 6. The maximum Gasteiger partial charge on any atom is 0.178 e. The Morgan fingerprint density at radius 2 is 1.73 bits per heavy atom. The van der Waals surface area contributed by atoms with Gasteiger partial charge in [-0.3, -0.25) is 0 Å². The van der Waals surface area contributed by atoms with Crippen LogP contribution in [-0.4, -0.2) is 68.9 Å². The lowest BCUT2D eigenvalue weighted by Gasteiger charge is -2.45. The minimum atomic E-state index is -1.83. The second-order valence-electron chi connectivity index (χ2n) is 3.42. The molecule has 0 radical (unpaired) electrons. The van der Waals surface area contributed by atoms with Gasteiger partial charge >= 0.3 is 0 Å². The van der Waals surface area contributed by atoms with Gasteiger partial charge in [0.15, 0.2) is 6.29 Å². The fourth-order valence-corrected chi connectivity index (χ4v) is 1.36. The Balaban J connectivity index is 0.00000196. The van der Waals surface area contributed by atoms with Crippen molar-refractivity contribution in [3.8, 4) is 0 Å². The molecular formula is C7H16ClNO6. The van der Waals surface area contributed by atoms with Crippen LogP contribution < -0.4 is 5.73 Å². The van der Waals surface area contributed by atoms with Gasteiger partial charge in [-0.2, -0.15) is 0 Å². The van der Waals surface area contributed by atoms with Crippen LogP contribution in [0.3, 0.4) is 0 Å². The molecule has 92 valence electrons. The van der Waals surface area contributed by atoms with E-state index in [1.165, 1.54) is 0 Å². The van der Waals surface area contributed by atoms with Crippen LogP contribution in [0.5, 0.6) is 0 Å². The summed E-state index contributed by atoms with van der Waals surface area (Å²) < 4.78 is 4.74. The van der Waals surface area contributed by atoms with Gasteiger partial charge in [-0.15, -0.1) is 12.4 Å². The third-order valence-corrected chi connectivity index (χ3v) is 2.47. The molecule has 0 aliphatic carbocycles. The highest BCUT2D eigenvalue weighted by atomic mass is 35.5. The fourth-order valence-electron chi connectivity index (χ4n) is 1.36. The third-order valence-electron chi connectivity index (χ3n) is 2.47. The molecule has 0 aromatic heterocycles. The number of rotatable bonds is 2. The normalized spacial score (nSPS) is 46.0. The Morgan fingerprint density at radius 3 is 2.13 bits per heavy atom. The predicted molar refractivity (Wildman–Crippen MR) is 51.2 cm³/mol. The Bertz CT molecular complexity index is 208. The van der Waals surface area contributed by atoms with Gasteiger partial charge in [-0.25, -0.2) is 0 Å². The molecule has 1 rings (SSSR count). The molecule has 0 amide bonds. The van der Waals surface area contributed by atoms with Crippen molar-refractivity contribution in [2.45, 2.75) is 30.1 Å². The number of aliphatic hydroxyl groups excluding tert-OH is 5. The molecule has 1 fully saturated rings. The summed E-state index contributed by atoms with van der Waals surface area (Å²) in [5.74, 6) is 0. The van der Waals surface area contributed by atoms with E-state index in [1.54, 1.807) is 0 Å². The van der Waals surface area contributed by atoms with E-state index in [9.17, 15) is 15.3 Å². The molecular weight excluding hydrogens is 230 g/mol. The summed E-state index contributed by atoms with van der Waals surface area (Å²) in [6, 6.07) is 0. The Hall–Kier alpha value is 0.01000. The van der Waals surface area contributed by atoms with E-state index in [-0.39, 0.29) is 12.4 Å². The van der Waals surface area contributed by atoms with E-state index in [1.807, 2.05) is 0 Å². The lowest BCUT2D eigenvalue weighted by molar-refractivity contribution is -0.282. The first kappa shape index (κ1) is 15.0. The van der Waals surface area contributed by atoms with Gasteiger partial charge in [0.2, 0.25) is 0 Å². The van der Waals surface area contributed by atoms with E-state index >= 15 is 0 Å². The van der Waals surface area contributed by atoms with Crippen molar-refractivity contribution in [1.29, 1.82) is 0 Å². The Labute approximate surface area is 92.5 Å². The second kappa shape index (κ2) is 5.37. The quantitative estimate of drug-likeness (QED) is 0.297. The van der Waals surface area contributed by atoms with E-state index in [0.717, 1.165) is 0 Å². The highest BCUT2D eigenvalue weighted by molar-refractivity contribution is 5.85. The highest BCUT2D eigenvalue weighted by Gasteiger charge is 2.52. The first-order valence-corrected chi connectivity index (χ1v) is 4.17. The Morgan fingerprint density at radius 1 is 1.20 bits per heavy atom. The number of hydrogen-bond acceptors (Lipinski definition) is 7. The summed E-state index contributed by atoms with van der Waals surface area (Å²) in [5, 5.41) is 45.8. The van der Waals surface area contributed by atoms with Crippen LogP contribution in [0.25, 0.3) is 0 Å². The highest BCUT2D eigenvalue weighted by Crippen LogP contribution is 2.26. The average Bonchev–Trinajstić information content (AvgIpc) is 2.20. The van der Waals surface area contributed by atoms with Gasteiger partial charge in [-0.05, 0) is 0 Å². The van der Waals surface area contributed by atoms with Gasteiger partial charge in [-0.1, -0.05) is 0 Å². The molecule has 0 spiro atoms. The van der Waals surface area contributed by atoms with Crippen molar-refractivity contribution in [3.63, 3.8) is 0 Å². The van der Waals surface area contributed by atoms with Crippen molar-refractivity contribution in [3.05, 3.63) is 0 Å². The van der Waals surface area contributed by atoms with E-state index in [2.05, 4.69) is 0 Å². The van der Waals surface area contributed by atoms with Gasteiger partial charge in [0.05, 0.1) is 13.2 Å². The van der Waals surface area contributed by atoms with E-state index in [4.69, 9.17) is 20.7 Å². The topological polar surface area (TPSA) is 136 Å². The van der Waals surface area contributed by atoms with Gasteiger partial charge < -0.3 is 36.0 Å². The summed E-state index contributed by atoms with van der Waals surface area (Å²) >= 11 is 0.